The van der Waals surface area contributed by atoms with Gasteiger partial charge < -0.3 is 4.23 Å². The molecule has 0 aliphatic carbocycles. The summed E-state index contributed by atoms with van der Waals surface area (Å²) in [5, 5.41) is 0. The monoisotopic (exact) mass is 543 g/mol. The second-order valence-electron chi connectivity index (χ2n) is 14.3. The van der Waals surface area contributed by atoms with Crippen LogP contribution >= 0.6 is 0 Å². The summed E-state index contributed by atoms with van der Waals surface area (Å²) in [4.78, 5) is 19.3. The fourth-order valence-corrected chi connectivity index (χ4v) is 25.6. The van der Waals surface area contributed by atoms with E-state index in [-0.39, 0.29) is 0 Å². The van der Waals surface area contributed by atoms with Crippen LogP contribution in [0, 0.1) is 35.5 Å². The molecule has 2 rings (SSSR count). The molecule has 0 spiro atoms. The van der Waals surface area contributed by atoms with Crippen molar-refractivity contribution in [3.8, 4) is 0 Å². The van der Waals surface area contributed by atoms with Crippen LogP contribution in [-0.4, -0.2) is 36.4 Å². The Hall–Kier alpha value is -1.35. The molecular weight excluding hydrogens is 487 g/mol. The van der Waals surface area contributed by atoms with E-state index in [0.717, 1.165) is 17.0 Å². The van der Waals surface area contributed by atoms with Gasteiger partial charge in [-0.3, -0.25) is 0 Å². The van der Waals surface area contributed by atoms with Crippen molar-refractivity contribution in [1.82, 2.24) is 19.9 Å². The highest BCUT2D eigenvalue weighted by Crippen LogP contribution is 2.47. The van der Waals surface area contributed by atoms with E-state index in [4.69, 9.17) is 9.97 Å². The Balaban J connectivity index is 3.10. The topological polar surface area (TPSA) is 54.8 Å². The van der Waals surface area contributed by atoms with Crippen molar-refractivity contribution in [2.24, 2.45) is 35.5 Å². The molecule has 2 heterocycles. The molecule has 0 unspecified atom stereocenters. The van der Waals surface area contributed by atoms with Crippen LogP contribution in [0.5, 0.6) is 0 Å². The second kappa shape index (κ2) is 13.6. The minimum Gasteiger partial charge on any atom is -0.406 e. The van der Waals surface area contributed by atoms with Crippen LogP contribution in [0.1, 0.15) is 83.1 Å². The fourth-order valence-electron chi connectivity index (χ4n) is 7.51. The third kappa shape index (κ3) is 8.57. The summed E-state index contributed by atoms with van der Waals surface area (Å²) < 4.78 is 3.12. The van der Waals surface area contributed by atoms with E-state index in [0.29, 0.717) is 35.5 Å². The van der Waals surface area contributed by atoms with Crippen LogP contribution < -0.4 is 4.23 Å². The number of hydrogen-bond acceptors (Lipinski definition) is 5. The molecule has 0 atom stereocenters. The molecule has 0 amide bonds. The Labute approximate surface area is 230 Å². The zero-order valence-corrected chi connectivity index (χ0v) is 28.2. The average molecular weight is 544 g/mol. The predicted octanol–water partition coefficient (Wildman–Crippen LogP) is 9.05. The first kappa shape index (κ1) is 31.9. The zero-order valence-electron chi connectivity index (χ0n) is 26.2. The number of hydrogen-bond donors (Lipinski definition) is 0. The third-order valence-electron chi connectivity index (χ3n) is 7.14. The standard InChI is InChI=1S/C30H57N5Si2/c1-22(2)15-36(16-23(3)4,17-24(5)6)35(30-28-29(33-21-34-30)32-14-13-31-28)37(18-25(7)8,19-26(9)10)20-27(11)12/h13-14,21-27H,15-20H2,1-12H3. The van der Waals surface area contributed by atoms with Crippen LogP contribution in [0.2, 0.25) is 36.3 Å². The maximum atomic E-state index is 5.16. The minimum absolute atomic E-state index is 0.648. The van der Waals surface area contributed by atoms with Gasteiger partial charge in [-0.1, -0.05) is 83.1 Å². The lowest BCUT2D eigenvalue weighted by Gasteiger charge is -2.57. The van der Waals surface area contributed by atoms with Crippen molar-refractivity contribution in [1.29, 1.82) is 0 Å². The van der Waals surface area contributed by atoms with E-state index in [2.05, 4.69) is 97.3 Å². The van der Waals surface area contributed by atoms with Gasteiger partial charge in [0.1, 0.15) is 34.1 Å². The first-order chi connectivity index (χ1) is 17.2. The highest BCUT2D eigenvalue weighted by atomic mass is 28.4. The van der Waals surface area contributed by atoms with Crippen LogP contribution in [-0.2, 0) is 0 Å². The lowest BCUT2D eigenvalue weighted by molar-refractivity contribution is 0.622. The summed E-state index contributed by atoms with van der Waals surface area (Å²) in [6.07, 6.45) is 5.37. The highest BCUT2D eigenvalue weighted by Gasteiger charge is 2.53. The van der Waals surface area contributed by atoms with Gasteiger partial charge in [0.15, 0.2) is 5.65 Å². The average Bonchev–Trinajstić information content (AvgIpc) is 2.70. The van der Waals surface area contributed by atoms with Crippen molar-refractivity contribution < 1.29 is 0 Å². The van der Waals surface area contributed by atoms with E-state index >= 15 is 0 Å². The molecule has 2 aromatic rings. The molecule has 0 fully saturated rings. The number of fused-ring (bicyclic) bond motifs is 1. The molecule has 0 radical (unpaired) electrons. The van der Waals surface area contributed by atoms with Gasteiger partial charge in [0, 0.05) is 12.4 Å². The summed E-state index contributed by atoms with van der Waals surface area (Å²) in [7, 11) is -4.14. The molecule has 37 heavy (non-hydrogen) atoms. The van der Waals surface area contributed by atoms with E-state index in [9.17, 15) is 0 Å². The molecule has 0 N–H and O–H groups in total. The largest absolute Gasteiger partial charge is 0.406 e. The van der Waals surface area contributed by atoms with Gasteiger partial charge in [0.2, 0.25) is 0 Å². The molecule has 0 aromatic carbocycles. The van der Waals surface area contributed by atoms with E-state index in [1.807, 2.05) is 6.20 Å². The smallest absolute Gasteiger partial charge is 0.183 e. The Bertz CT molecular complexity index is 862. The summed E-state index contributed by atoms with van der Waals surface area (Å²) in [5.41, 5.74) is 1.65. The molecule has 5 nitrogen and oxygen atoms in total. The van der Waals surface area contributed by atoms with Crippen molar-refractivity contribution >= 4 is 33.5 Å². The Morgan fingerprint density at radius 3 is 1.22 bits per heavy atom. The van der Waals surface area contributed by atoms with Crippen LogP contribution in [0.15, 0.2) is 18.7 Å². The molecule has 7 heteroatoms. The molecule has 0 aliphatic rings. The first-order valence-electron chi connectivity index (χ1n) is 14.9. The molecule has 210 valence electrons. The highest BCUT2D eigenvalue weighted by molar-refractivity contribution is 7.02. The van der Waals surface area contributed by atoms with Gasteiger partial charge in [0.05, 0.1) is 0 Å². The third-order valence-corrected chi connectivity index (χ3v) is 21.8. The summed E-state index contributed by atoms with van der Waals surface area (Å²) in [6, 6.07) is 7.82. The number of nitrogens with zero attached hydrogens (tertiary/aromatic N) is 5. The maximum Gasteiger partial charge on any atom is 0.183 e. The maximum absolute atomic E-state index is 5.16. The Morgan fingerprint density at radius 1 is 0.514 bits per heavy atom. The fraction of sp³-hybridized carbons (Fsp3) is 0.800. The van der Waals surface area contributed by atoms with Crippen LogP contribution in [0.25, 0.3) is 11.2 Å². The van der Waals surface area contributed by atoms with Gasteiger partial charge >= 0.3 is 0 Å². The van der Waals surface area contributed by atoms with Gasteiger partial charge in [-0.25, -0.2) is 19.9 Å². The van der Waals surface area contributed by atoms with Crippen molar-refractivity contribution in [2.45, 2.75) is 119 Å². The predicted molar refractivity (Wildman–Crippen MR) is 167 cm³/mol. The quantitative estimate of drug-likeness (QED) is 0.210. The van der Waals surface area contributed by atoms with E-state index in [1.54, 1.807) is 12.5 Å². The summed E-state index contributed by atoms with van der Waals surface area (Å²) >= 11 is 0. The van der Waals surface area contributed by atoms with Crippen molar-refractivity contribution in [3.05, 3.63) is 18.7 Å². The SMILES string of the molecule is CC(C)C[Si](CC(C)C)(CC(C)C)N(c1ncnc2nccnc12)[Si](CC(C)C)(CC(C)C)CC(C)C. The molecule has 0 saturated carbocycles. The number of aromatic nitrogens is 4. The van der Waals surface area contributed by atoms with Gasteiger partial charge in [0.25, 0.3) is 0 Å². The van der Waals surface area contributed by atoms with Gasteiger partial charge in [-0.15, -0.1) is 0 Å². The van der Waals surface area contributed by atoms with Gasteiger partial charge in [-0.05, 0) is 71.8 Å². The lowest BCUT2D eigenvalue weighted by Crippen LogP contribution is -2.70. The minimum atomic E-state index is -2.07. The van der Waals surface area contributed by atoms with E-state index in [1.165, 1.54) is 36.3 Å². The molecular formula is C30H57N5Si2. The molecule has 2 aromatic heterocycles. The van der Waals surface area contributed by atoms with Crippen molar-refractivity contribution in [2.75, 3.05) is 4.23 Å². The Morgan fingerprint density at radius 2 is 0.865 bits per heavy atom. The van der Waals surface area contributed by atoms with Crippen molar-refractivity contribution in [3.63, 3.8) is 0 Å². The number of rotatable bonds is 15. The molecule has 0 aliphatic heterocycles. The second-order valence-corrected chi connectivity index (χ2v) is 23.0. The first-order valence-corrected chi connectivity index (χ1v) is 20.1. The number of anilines is 1. The Kier molecular flexibility index (Phi) is 11.7. The normalized spacial score (nSPS) is 13.4. The molecule has 0 saturated heterocycles. The lowest BCUT2D eigenvalue weighted by atomic mass is 10.2. The van der Waals surface area contributed by atoms with E-state index < -0.39 is 16.5 Å². The van der Waals surface area contributed by atoms with Crippen LogP contribution in [0.4, 0.5) is 5.82 Å². The zero-order chi connectivity index (χ0) is 28.0. The summed E-state index contributed by atoms with van der Waals surface area (Å²) in [5.74, 6) is 5.00. The summed E-state index contributed by atoms with van der Waals surface area (Å²) in [6.45, 7) is 29.3. The van der Waals surface area contributed by atoms with Crippen LogP contribution in [0.3, 0.4) is 0 Å². The van der Waals surface area contributed by atoms with Gasteiger partial charge in [-0.2, -0.15) is 0 Å². The molecule has 0 bridgehead atoms.